The Morgan fingerprint density at radius 1 is 1.17 bits per heavy atom. The van der Waals surface area contributed by atoms with Gasteiger partial charge in [-0.25, -0.2) is 4.98 Å². The summed E-state index contributed by atoms with van der Waals surface area (Å²) >= 11 is 2.74. The van der Waals surface area contributed by atoms with Crippen LogP contribution in [0, 0.1) is 0 Å². The molecule has 0 fully saturated rings. The zero-order valence-electron chi connectivity index (χ0n) is 12.5. The number of carbonyl (C=O) groups is 2. The highest BCUT2D eigenvalue weighted by Gasteiger charge is 2.13. The first-order valence-corrected chi connectivity index (χ1v) is 8.97. The van der Waals surface area contributed by atoms with E-state index < -0.39 is 0 Å². The number of hydrogen-bond donors (Lipinski definition) is 0. The fourth-order valence-electron chi connectivity index (χ4n) is 1.93. The van der Waals surface area contributed by atoms with Gasteiger partial charge < -0.3 is 0 Å². The van der Waals surface area contributed by atoms with Crippen molar-refractivity contribution < 1.29 is 9.59 Å². The Balaban J connectivity index is 1.65. The predicted molar refractivity (Wildman–Crippen MR) is 95.5 cm³/mol. The minimum Gasteiger partial charge on any atom is -0.293 e. The summed E-state index contributed by atoms with van der Waals surface area (Å²) in [4.78, 5) is 29.4. The van der Waals surface area contributed by atoms with Crippen LogP contribution in [0.5, 0.6) is 0 Å². The molecule has 0 saturated heterocycles. The SMILES string of the molecule is O=C(CSc1ncnn1C(=O)/C=C\c1cccs1)c1ccccc1. The van der Waals surface area contributed by atoms with Gasteiger partial charge in [0.1, 0.15) is 6.33 Å². The van der Waals surface area contributed by atoms with Gasteiger partial charge in [0, 0.05) is 16.5 Å². The topological polar surface area (TPSA) is 64.8 Å². The first-order valence-electron chi connectivity index (χ1n) is 7.11. The molecule has 120 valence electrons. The van der Waals surface area contributed by atoms with Crippen LogP contribution < -0.4 is 0 Å². The number of carbonyl (C=O) groups excluding carboxylic acids is 2. The van der Waals surface area contributed by atoms with Crippen LogP contribution >= 0.6 is 23.1 Å². The van der Waals surface area contributed by atoms with Gasteiger partial charge in [-0.05, 0) is 17.5 Å². The quantitative estimate of drug-likeness (QED) is 0.383. The number of hydrogen-bond acceptors (Lipinski definition) is 6. The molecular formula is C17H13N3O2S2. The van der Waals surface area contributed by atoms with Crippen LogP contribution in [-0.2, 0) is 0 Å². The lowest BCUT2D eigenvalue weighted by molar-refractivity contribution is 0.0942. The van der Waals surface area contributed by atoms with E-state index in [-0.39, 0.29) is 17.4 Å². The number of aromatic nitrogens is 3. The third kappa shape index (κ3) is 4.06. The van der Waals surface area contributed by atoms with E-state index in [4.69, 9.17) is 0 Å². The summed E-state index contributed by atoms with van der Waals surface area (Å²) in [5, 5.41) is 6.29. The van der Waals surface area contributed by atoms with Crippen LogP contribution in [0.4, 0.5) is 0 Å². The number of thiophene rings is 1. The summed E-state index contributed by atoms with van der Waals surface area (Å²) < 4.78 is 1.20. The van der Waals surface area contributed by atoms with Crippen molar-refractivity contribution in [2.24, 2.45) is 0 Å². The second kappa shape index (κ2) is 7.85. The Bertz CT molecular complexity index is 855. The lowest BCUT2D eigenvalue weighted by atomic mass is 10.2. The molecule has 0 atom stereocenters. The summed E-state index contributed by atoms with van der Waals surface area (Å²) in [6.45, 7) is 0. The molecule has 2 heterocycles. The van der Waals surface area contributed by atoms with Crippen molar-refractivity contribution in [1.29, 1.82) is 0 Å². The van der Waals surface area contributed by atoms with Gasteiger partial charge in [0.15, 0.2) is 10.9 Å². The Hall–Kier alpha value is -2.51. The molecule has 3 rings (SSSR count). The van der Waals surface area contributed by atoms with Crippen molar-refractivity contribution in [2.75, 3.05) is 5.75 Å². The highest BCUT2D eigenvalue weighted by atomic mass is 32.2. The molecule has 0 bridgehead atoms. The van der Waals surface area contributed by atoms with E-state index in [1.54, 1.807) is 29.5 Å². The Kier molecular flexibility index (Phi) is 5.35. The minimum absolute atomic E-state index is 0.0169. The summed E-state index contributed by atoms with van der Waals surface area (Å²) in [6, 6.07) is 12.9. The van der Waals surface area contributed by atoms with Gasteiger partial charge in [0.05, 0.1) is 5.75 Å². The van der Waals surface area contributed by atoms with Crippen molar-refractivity contribution in [3.05, 3.63) is 70.7 Å². The molecule has 0 N–H and O–H groups in total. The molecule has 5 nitrogen and oxygen atoms in total. The van der Waals surface area contributed by atoms with Crippen LogP contribution in [0.1, 0.15) is 20.0 Å². The van der Waals surface area contributed by atoms with E-state index in [2.05, 4.69) is 10.1 Å². The summed E-state index contributed by atoms with van der Waals surface area (Å²) in [7, 11) is 0. The molecule has 3 aromatic rings. The lowest BCUT2D eigenvalue weighted by Crippen LogP contribution is -2.11. The normalized spacial score (nSPS) is 11.0. The predicted octanol–water partition coefficient (Wildman–Crippen LogP) is 3.67. The number of nitrogens with zero attached hydrogens (tertiary/aromatic N) is 3. The van der Waals surface area contributed by atoms with Gasteiger partial charge >= 0.3 is 0 Å². The highest BCUT2D eigenvalue weighted by molar-refractivity contribution is 7.99. The first kappa shape index (κ1) is 16.4. The molecule has 0 saturated carbocycles. The van der Waals surface area contributed by atoms with Crippen LogP contribution in [0.15, 0.2) is 65.4 Å². The maximum atomic E-state index is 12.2. The minimum atomic E-state index is -0.296. The Labute approximate surface area is 147 Å². The second-order valence-electron chi connectivity index (χ2n) is 4.72. The number of allylic oxidation sites excluding steroid dienone is 1. The molecule has 0 radical (unpaired) electrons. The molecule has 0 aliphatic heterocycles. The van der Waals surface area contributed by atoms with E-state index in [0.717, 1.165) is 4.88 Å². The molecule has 7 heteroatoms. The van der Waals surface area contributed by atoms with Gasteiger partial charge in [0.25, 0.3) is 5.91 Å². The van der Waals surface area contributed by atoms with Crippen LogP contribution in [0.25, 0.3) is 6.08 Å². The van der Waals surface area contributed by atoms with Gasteiger partial charge in [-0.3, -0.25) is 9.59 Å². The van der Waals surface area contributed by atoms with E-state index >= 15 is 0 Å². The largest absolute Gasteiger partial charge is 0.293 e. The number of Topliss-reactive ketones (excluding diaryl/α,β-unsaturated/α-hetero) is 1. The molecule has 0 aliphatic rings. The summed E-state index contributed by atoms with van der Waals surface area (Å²) in [6.07, 6.45) is 4.49. The summed E-state index contributed by atoms with van der Waals surface area (Å²) in [5.41, 5.74) is 0.639. The molecule has 2 aromatic heterocycles. The fourth-order valence-corrected chi connectivity index (χ4v) is 3.35. The first-order chi connectivity index (χ1) is 11.7. The maximum absolute atomic E-state index is 12.2. The monoisotopic (exact) mass is 355 g/mol. The number of thioether (sulfide) groups is 1. The molecule has 24 heavy (non-hydrogen) atoms. The molecule has 1 aromatic carbocycles. The maximum Gasteiger partial charge on any atom is 0.273 e. The zero-order valence-corrected chi connectivity index (χ0v) is 14.2. The van der Waals surface area contributed by atoms with Crippen LogP contribution in [0.3, 0.4) is 0 Å². The molecule has 0 unspecified atom stereocenters. The molecule has 0 aliphatic carbocycles. The average Bonchev–Trinajstić information content (AvgIpc) is 3.30. The Morgan fingerprint density at radius 3 is 2.75 bits per heavy atom. The summed E-state index contributed by atoms with van der Waals surface area (Å²) in [5.74, 6) is -0.114. The third-order valence-corrected chi connectivity index (χ3v) is 4.87. The smallest absolute Gasteiger partial charge is 0.273 e. The standard InChI is InChI=1S/C17H13N3O2S2/c21-15(13-5-2-1-3-6-13)11-24-17-18-12-19-20(17)16(22)9-8-14-7-4-10-23-14/h1-10,12H,11H2/b9-8-. The number of rotatable bonds is 6. The van der Waals surface area contributed by atoms with Crippen molar-refractivity contribution >= 4 is 40.9 Å². The third-order valence-electron chi connectivity index (χ3n) is 3.09. The molecular weight excluding hydrogens is 342 g/mol. The average molecular weight is 355 g/mol. The number of ketones is 1. The van der Waals surface area contributed by atoms with E-state index in [1.165, 1.54) is 28.8 Å². The fraction of sp³-hybridized carbons (Fsp3) is 0.0588. The van der Waals surface area contributed by atoms with E-state index in [9.17, 15) is 9.59 Å². The van der Waals surface area contributed by atoms with Crippen LogP contribution in [0.2, 0.25) is 0 Å². The van der Waals surface area contributed by atoms with Gasteiger partial charge in [-0.2, -0.15) is 9.78 Å². The van der Waals surface area contributed by atoms with E-state index in [0.29, 0.717) is 10.7 Å². The number of benzene rings is 1. The van der Waals surface area contributed by atoms with Crippen molar-refractivity contribution in [2.45, 2.75) is 5.16 Å². The second-order valence-corrected chi connectivity index (χ2v) is 6.64. The highest BCUT2D eigenvalue weighted by Crippen LogP contribution is 2.17. The lowest BCUT2D eigenvalue weighted by Gasteiger charge is -2.02. The van der Waals surface area contributed by atoms with Gasteiger partial charge in [-0.1, -0.05) is 48.2 Å². The van der Waals surface area contributed by atoms with Gasteiger partial charge in [0.2, 0.25) is 0 Å². The Morgan fingerprint density at radius 2 is 2.00 bits per heavy atom. The van der Waals surface area contributed by atoms with Gasteiger partial charge in [-0.15, -0.1) is 11.3 Å². The van der Waals surface area contributed by atoms with Crippen LogP contribution in [-0.4, -0.2) is 32.2 Å². The van der Waals surface area contributed by atoms with Crippen molar-refractivity contribution in [1.82, 2.24) is 14.8 Å². The zero-order chi connectivity index (χ0) is 16.8. The van der Waals surface area contributed by atoms with Crippen molar-refractivity contribution in [3.8, 4) is 0 Å². The molecule has 0 amide bonds. The molecule has 0 spiro atoms. The van der Waals surface area contributed by atoms with Crippen molar-refractivity contribution in [3.63, 3.8) is 0 Å². The van der Waals surface area contributed by atoms with E-state index in [1.807, 2.05) is 35.7 Å².